The van der Waals surface area contributed by atoms with Crippen LogP contribution in [-0.2, 0) is 14.3 Å². The van der Waals surface area contributed by atoms with Gasteiger partial charge in [0.2, 0.25) is 5.91 Å². The highest BCUT2D eigenvalue weighted by Gasteiger charge is 2.30. The molecule has 0 aliphatic rings. The lowest BCUT2D eigenvalue weighted by Gasteiger charge is -2.29. The predicted molar refractivity (Wildman–Crippen MR) is 87.7 cm³/mol. The number of rotatable bonds is 12. The van der Waals surface area contributed by atoms with Crippen LogP contribution in [0.1, 0.15) is 34.6 Å². The molecule has 0 aromatic rings. The molecular formula is C15H34FN3O3. The molecule has 4 N–H and O–H groups in total. The van der Waals surface area contributed by atoms with Crippen molar-refractivity contribution in [3.63, 3.8) is 0 Å². The van der Waals surface area contributed by atoms with Crippen molar-refractivity contribution in [1.82, 2.24) is 10.6 Å². The number of alkyl halides is 1. The molecule has 134 valence electrons. The first-order valence-electron chi connectivity index (χ1n) is 7.91. The quantitative estimate of drug-likeness (QED) is 0.464. The van der Waals surface area contributed by atoms with E-state index in [-0.39, 0.29) is 12.5 Å². The monoisotopic (exact) mass is 323 g/mol. The predicted octanol–water partition coefficient (Wildman–Crippen LogP) is 0.847. The first-order chi connectivity index (χ1) is 10.4. The molecule has 0 aromatic carbocycles. The lowest BCUT2D eigenvalue weighted by atomic mass is 10.0. The number of hydrogen-bond donors (Lipinski definition) is 3. The van der Waals surface area contributed by atoms with Crippen molar-refractivity contribution in [2.75, 3.05) is 46.0 Å². The molecular weight excluding hydrogens is 289 g/mol. The largest absolute Gasteiger partial charge is 0.379 e. The van der Waals surface area contributed by atoms with E-state index < -0.39 is 11.8 Å². The van der Waals surface area contributed by atoms with Gasteiger partial charge in [-0.1, -0.05) is 13.8 Å². The van der Waals surface area contributed by atoms with Crippen LogP contribution in [0.4, 0.5) is 4.39 Å². The van der Waals surface area contributed by atoms with Gasteiger partial charge in [-0.05, 0) is 13.8 Å². The number of ether oxygens (including phenoxy) is 2. The molecule has 0 radical (unpaired) electrons. The Morgan fingerprint density at radius 3 is 2.36 bits per heavy atom. The van der Waals surface area contributed by atoms with Crippen LogP contribution in [-0.4, -0.2) is 63.7 Å². The van der Waals surface area contributed by atoms with E-state index in [1.54, 1.807) is 13.8 Å². The third-order valence-electron chi connectivity index (χ3n) is 2.72. The Kier molecular flexibility index (Phi) is 16.2. The van der Waals surface area contributed by atoms with Gasteiger partial charge in [-0.25, -0.2) is 4.39 Å². The summed E-state index contributed by atoms with van der Waals surface area (Å²) in [6.45, 7) is 12.0. The normalized spacial score (nSPS) is 12.3. The van der Waals surface area contributed by atoms with Gasteiger partial charge in [0.05, 0.1) is 32.0 Å². The number of nitrogens with two attached hydrogens (primary N) is 1. The highest BCUT2D eigenvalue weighted by molar-refractivity contribution is 5.72. The Bertz CT molecular complexity index is 266. The van der Waals surface area contributed by atoms with Gasteiger partial charge < -0.3 is 25.8 Å². The van der Waals surface area contributed by atoms with Crippen molar-refractivity contribution < 1.29 is 18.7 Å². The number of halogens is 1. The highest BCUT2D eigenvalue weighted by Crippen LogP contribution is 2.17. The maximum atomic E-state index is 13.9. The Hall–Kier alpha value is -0.760. The van der Waals surface area contributed by atoms with E-state index in [4.69, 9.17) is 15.2 Å². The minimum atomic E-state index is -1.25. The molecule has 0 bridgehead atoms. The summed E-state index contributed by atoms with van der Waals surface area (Å²) in [6, 6.07) is 0. The van der Waals surface area contributed by atoms with Crippen LogP contribution in [0.3, 0.4) is 0 Å². The van der Waals surface area contributed by atoms with Gasteiger partial charge >= 0.3 is 0 Å². The van der Waals surface area contributed by atoms with Crippen molar-refractivity contribution in [1.29, 1.82) is 0 Å². The second kappa shape index (κ2) is 15.1. The lowest BCUT2D eigenvalue weighted by molar-refractivity contribution is -0.120. The van der Waals surface area contributed by atoms with Gasteiger partial charge in [-0.15, -0.1) is 0 Å². The fourth-order valence-electron chi connectivity index (χ4n) is 1.41. The van der Waals surface area contributed by atoms with E-state index in [0.717, 1.165) is 0 Å². The van der Waals surface area contributed by atoms with Crippen LogP contribution in [0, 0.1) is 0 Å². The standard InChI is InChI=1S/C13H28FN3O3.C2H6/c1-11(18)17-10-12(14)13(2,3)20-9-6-16-5-8-19-7-4-15;1-2/h12,16H,4-10,15H2,1-3H3,(H,17,18);1-2H3. The maximum absolute atomic E-state index is 13.9. The Morgan fingerprint density at radius 2 is 1.82 bits per heavy atom. The molecule has 1 amide bonds. The molecule has 6 nitrogen and oxygen atoms in total. The number of hydrogen-bond acceptors (Lipinski definition) is 5. The summed E-state index contributed by atoms with van der Waals surface area (Å²) in [5, 5.41) is 5.57. The van der Waals surface area contributed by atoms with E-state index in [1.165, 1.54) is 6.92 Å². The van der Waals surface area contributed by atoms with Crippen LogP contribution in [0.15, 0.2) is 0 Å². The topological polar surface area (TPSA) is 85.6 Å². The van der Waals surface area contributed by atoms with Crippen molar-refractivity contribution in [2.24, 2.45) is 5.73 Å². The van der Waals surface area contributed by atoms with E-state index in [0.29, 0.717) is 39.5 Å². The third kappa shape index (κ3) is 14.2. The first-order valence-corrected chi connectivity index (χ1v) is 7.91. The third-order valence-corrected chi connectivity index (χ3v) is 2.72. The van der Waals surface area contributed by atoms with Crippen molar-refractivity contribution >= 4 is 5.91 Å². The van der Waals surface area contributed by atoms with Gasteiger partial charge in [0.15, 0.2) is 0 Å². The number of nitrogens with one attached hydrogen (secondary N) is 2. The van der Waals surface area contributed by atoms with Gasteiger partial charge in [0, 0.05) is 26.6 Å². The van der Waals surface area contributed by atoms with Gasteiger partial charge in [0.25, 0.3) is 0 Å². The SMILES string of the molecule is CC.CC(=O)NCC(F)C(C)(C)OCCNCCOCCN. The van der Waals surface area contributed by atoms with Crippen LogP contribution in [0.2, 0.25) is 0 Å². The van der Waals surface area contributed by atoms with Crippen LogP contribution < -0.4 is 16.4 Å². The van der Waals surface area contributed by atoms with Crippen LogP contribution >= 0.6 is 0 Å². The summed E-state index contributed by atoms with van der Waals surface area (Å²) in [7, 11) is 0. The number of amides is 1. The number of carbonyl (C=O) groups excluding carboxylic acids is 1. The molecule has 0 heterocycles. The molecule has 0 aromatic heterocycles. The van der Waals surface area contributed by atoms with Crippen LogP contribution in [0.25, 0.3) is 0 Å². The molecule has 0 saturated carbocycles. The zero-order chi connectivity index (χ0) is 17.4. The molecule has 1 unspecified atom stereocenters. The second-order valence-electron chi connectivity index (χ2n) is 5.01. The average Bonchev–Trinajstić information content (AvgIpc) is 2.49. The minimum Gasteiger partial charge on any atom is -0.379 e. The van der Waals surface area contributed by atoms with Gasteiger partial charge in [-0.3, -0.25) is 4.79 Å². The fraction of sp³-hybridized carbons (Fsp3) is 0.933. The summed E-state index contributed by atoms with van der Waals surface area (Å²) >= 11 is 0. The van der Waals surface area contributed by atoms with E-state index in [1.807, 2.05) is 13.8 Å². The highest BCUT2D eigenvalue weighted by atomic mass is 19.1. The smallest absolute Gasteiger partial charge is 0.216 e. The second-order valence-corrected chi connectivity index (χ2v) is 5.01. The molecule has 0 fully saturated rings. The first kappa shape index (κ1) is 23.5. The van der Waals surface area contributed by atoms with E-state index in [2.05, 4.69) is 10.6 Å². The average molecular weight is 323 g/mol. The Balaban J connectivity index is 0. The van der Waals surface area contributed by atoms with Crippen LogP contribution in [0.5, 0.6) is 0 Å². The molecule has 22 heavy (non-hydrogen) atoms. The molecule has 0 spiro atoms. The molecule has 7 heteroatoms. The molecule has 1 atom stereocenters. The lowest BCUT2D eigenvalue weighted by Crippen LogP contribution is -2.44. The molecule has 0 saturated heterocycles. The Morgan fingerprint density at radius 1 is 1.23 bits per heavy atom. The molecule has 0 rings (SSSR count). The zero-order valence-corrected chi connectivity index (χ0v) is 14.7. The van der Waals surface area contributed by atoms with E-state index in [9.17, 15) is 9.18 Å². The summed E-state index contributed by atoms with van der Waals surface area (Å²) in [5.74, 6) is -0.248. The zero-order valence-electron chi connectivity index (χ0n) is 14.7. The van der Waals surface area contributed by atoms with Crippen molar-refractivity contribution in [3.05, 3.63) is 0 Å². The minimum absolute atomic E-state index is 0.0390. The van der Waals surface area contributed by atoms with Gasteiger partial charge in [-0.2, -0.15) is 0 Å². The number of carbonyl (C=O) groups is 1. The Labute approximate surface area is 134 Å². The summed E-state index contributed by atoms with van der Waals surface area (Å²) < 4.78 is 24.6. The summed E-state index contributed by atoms with van der Waals surface area (Å²) in [4.78, 5) is 10.7. The fourth-order valence-corrected chi connectivity index (χ4v) is 1.41. The summed E-state index contributed by atoms with van der Waals surface area (Å²) in [5.41, 5.74) is 4.35. The summed E-state index contributed by atoms with van der Waals surface area (Å²) in [6.07, 6.45) is -1.25. The maximum Gasteiger partial charge on any atom is 0.216 e. The van der Waals surface area contributed by atoms with Crippen molar-refractivity contribution in [2.45, 2.75) is 46.4 Å². The van der Waals surface area contributed by atoms with E-state index >= 15 is 0 Å². The molecule has 0 aliphatic heterocycles. The molecule has 0 aliphatic carbocycles. The van der Waals surface area contributed by atoms with Crippen molar-refractivity contribution in [3.8, 4) is 0 Å². The van der Waals surface area contributed by atoms with Gasteiger partial charge in [0.1, 0.15) is 6.17 Å².